The Kier molecular flexibility index (Phi) is 2.73. The summed E-state index contributed by atoms with van der Waals surface area (Å²) in [6.07, 6.45) is 2.11. The van der Waals surface area contributed by atoms with E-state index in [1.807, 2.05) is 6.07 Å². The number of carbonyl (C=O) groups is 1. The molecule has 0 spiro atoms. The summed E-state index contributed by atoms with van der Waals surface area (Å²) in [4.78, 5) is 12.0. The Balaban J connectivity index is 2.50. The Morgan fingerprint density at radius 3 is 3.09 bits per heavy atom. The first-order valence-electron chi connectivity index (χ1n) is 3.38. The molecule has 1 atom stereocenters. The van der Waals surface area contributed by atoms with Gasteiger partial charge in [0.25, 0.3) is 0 Å². The van der Waals surface area contributed by atoms with E-state index in [1.54, 1.807) is 13.1 Å². The maximum absolute atomic E-state index is 11.1. The number of ketones is 1. The lowest BCUT2D eigenvalue weighted by Crippen LogP contribution is -2.27. The lowest BCUT2D eigenvalue weighted by atomic mass is 10.1. The third kappa shape index (κ3) is 2.40. The minimum atomic E-state index is -0.364. The van der Waals surface area contributed by atoms with Gasteiger partial charge in [-0.2, -0.15) is 0 Å². The number of nitrogens with zero attached hydrogens (tertiary/aromatic N) is 1. The highest BCUT2D eigenvalue weighted by atomic mass is 32.1. The Labute approximate surface area is 69.4 Å². The predicted molar refractivity (Wildman–Crippen MR) is 44.5 cm³/mol. The number of nitrogens with two attached hydrogens (primary N) is 1. The van der Waals surface area contributed by atoms with Gasteiger partial charge in [-0.25, -0.2) is 4.37 Å². The van der Waals surface area contributed by atoms with E-state index in [0.29, 0.717) is 6.42 Å². The zero-order chi connectivity index (χ0) is 8.27. The molecule has 1 aromatic rings. The number of rotatable bonds is 3. The van der Waals surface area contributed by atoms with Gasteiger partial charge in [0.05, 0.1) is 6.04 Å². The van der Waals surface area contributed by atoms with Crippen molar-refractivity contribution in [2.24, 2.45) is 5.73 Å². The molecule has 0 fully saturated rings. The van der Waals surface area contributed by atoms with E-state index in [9.17, 15) is 4.79 Å². The molecule has 60 valence electrons. The van der Waals surface area contributed by atoms with E-state index in [1.165, 1.54) is 11.5 Å². The first kappa shape index (κ1) is 8.36. The SMILES string of the molecule is C[C@@H](N)C(=O)Cc1ccns1. The van der Waals surface area contributed by atoms with Crippen molar-refractivity contribution in [2.75, 3.05) is 0 Å². The summed E-state index contributed by atoms with van der Waals surface area (Å²) < 4.78 is 3.88. The average molecular weight is 170 g/mol. The van der Waals surface area contributed by atoms with E-state index < -0.39 is 0 Å². The minimum Gasteiger partial charge on any atom is -0.322 e. The van der Waals surface area contributed by atoms with E-state index in [2.05, 4.69) is 4.37 Å². The van der Waals surface area contributed by atoms with Gasteiger partial charge in [0.2, 0.25) is 0 Å². The second-order valence-corrected chi connectivity index (χ2v) is 3.33. The molecule has 4 heteroatoms. The second kappa shape index (κ2) is 3.59. The summed E-state index contributed by atoms with van der Waals surface area (Å²) in [5, 5.41) is 0. The van der Waals surface area contributed by atoms with Crippen LogP contribution in [0.15, 0.2) is 12.3 Å². The van der Waals surface area contributed by atoms with E-state index in [-0.39, 0.29) is 11.8 Å². The van der Waals surface area contributed by atoms with Crippen LogP contribution in [0.3, 0.4) is 0 Å². The minimum absolute atomic E-state index is 0.0641. The summed E-state index contributed by atoms with van der Waals surface area (Å²) in [6.45, 7) is 1.70. The predicted octanol–water partition coefficient (Wildman–Crippen LogP) is 0.602. The lowest BCUT2D eigenvalue weighted by molar-refractivity contribution is -0.119. The fourth-order valence-corrected chi connectivity index (χ4v) is 1.25. The molecule has 0 amide bonds. The number of carbonyl (C=O) groups excluding carboxylic acids is 1. The van der Waals surface area contributed by atoms with Crippen molar-refractivity contribution in [1.82, 2.24) is 4.37 Å². The number of Topliss-reactive ketones (excluding diaryl/α,β-unsaturated/α-hetero) is 1. The first-order chi connectivity index (χ1) is 5.20. The Hall–Kier alpha value is -0.740. The number of hydrogen-bond donors (Lipinski definition) is 1. The normalized spacial score (nSPS) is 12.9. The highest BCUT2D eigenvalue weighted by Crippen LogP contribution is 2.06. The van der Waals surface area contributed by atoms with Crippen LogP contribution in [0.5, 0.6) is 0 Å². The molecule has 0 aliphatic carbocycles. The topological polar surface area (TPSA) is 56.0 Å². The van der Waals surface area contributed by atoms with E-state index in [4.69, 9.17) is 5.73 Å². The van der Waals surface area contributed by atoms with Crippen molar-refractivity contribution in [1.29, 1.82) is 0 Å². The van der Waals surface area contributed by atoms with Gasteiger partial charge >= 0.3 is 0 Å². The van der Waals surface area contributed by atoms with Crippen LogP contribution in [0.25, 0.3) is 0 Å². The van der Waals surface area contributed by atoms with Crippen LogP contribution in [0, 0.1) is 0 Å². The van der Waals surface area contributed by atoms with Crippen molar-refractivity contribution in [3.63, 3.8) is 0 Å². The number of aromatic nitrogens is 1. The zero-order valence-electron chi connectivity index (χ0n) is 6.28. The van der Waals surface area contributed by atoms with Crippen molar-refractivity contribution >= 4 is 17.3 Å². The van der Waals surface area contributed by atoms with Gasteiger partial charge < -0.3 is 5.73 Å². The van der Waals surface area contributed by atoms with Gasteiger partial charge in [-0.15, -0.1) is 0 Å². The molecule has 0 saturated carbocycles. The molecule has 1 rings (SSSR count). The molecule has 0 radical (unpaired) electrons. The summed E-state index contributed by atoms with van der Waals surface area (Å²) >= 11 is 1.34. The van der Waals surface area contributed by atoms with Crippen LogP contribution in [0.1, 0.15) is 11.8 Å². The van der Waals surface area contributed by atoms with Crippen LogP contribution < -0.4 is 5.73 Å². The van der Waals surface area contributed by atoms with Gasteiger partial charge in [0, 0.05) is 17.5 Å². The monoisotopic (exact) mass is 170 g/mol. The van der Waals surface area contributed by atoms with Crippen LogP contribution in [-0.2, 0) is 11.2 Å². The number of hydrogen-bond acceptors (Lipinski definition) is 4. The van der Waals surface area contributed by atoms with Crippen molar-refractivity contribution in [2.45, 2.75) is 19.4 Å². The Morgan fingerprint density at radius 2 is 2.64 bits per heavy atom. The third-order valence-corrected chi connectivity index (χ3v) is 2.09. The van der Waals surface area contributed by atoms with E-state index in [0.717, 1.165) is 4.88 Å². The quantitative estimate of drug-likeness (QED) is 0.722. The second-order valence-electron chi connectivity index (χ2n) is 2.41. The fraction of sp³-hybridized carbons (Fsp3) is 0.429. The van der Waals surface area contributed by atoms with Gasteiger partial charge in [-0.1, -0.05) is 0 Å². The van der Waals surface area contributed by atoms with Crippen molar-refractivity contribution < 1.29 is 4.79 Å². The van der Waals surface area contributed by atoms with Gasteiger partial charge in [0.15, 0.2) is 5.78 Å². The molecule has 0 saturated heterocycles. The van der Waals surface area contributed by atoms with Crippen LogP contribution >= 0.6 is 11.5 Å². The fourth-order valence-electron chi connectivity index (χ4n) is 0.666. The van der Waals surface area contributed by atoms with Gasteiger partial charge in [0.1, 0.15) is 0 Å². The molecule has 11 heavy (non-hydrogen) atoms. The molecule has 1 aromatic heterocycles. The maximum atomic E-state index is 11.1. The lowest BCUT2D eigenvalue weighted by Gasteiger charge is -2.00. The summed E-state index contributed by atoms with van der Waals surface area (Å²) in [6, 6.07) is 1.47. The van der Waals surface area contributed by atoms with Gasteiger partial charge in [-0.3, -0.25) is 4.79 Å². The molecule has 3 nitrogen and oxygen atoms in total. The Bertz CT molecular complexity index is 231. The van der Waals surface area contributed by atoms with Crippen molar-refractivity contribution in [3.8, 4) is 0 Å². The molecule has 0 unspecified atom stereocenters. The zero-order valence-corrected chi connectivity index (χ0v) is 7.10. The van der Waals surface area contributed by atoms with Crippen LogP contribution in [0.2, 0.25) is 0 Å². The Morgan fingerprint density at radius 1 is 1.91 bits per heavy atom. The molecule has 0 aliphatic rings. The van der Waals surface area contributed by atoms with Crippen LogP contribution in [-0.4, -0.2) is 16.2 Å². The highest BCUT2D eigenvalue weighted by Gasteiger charge is 2.08. The van der Waals surface area contributed by atoms with Crippen LogP contribution in [0.4, 0.5) is 0 Å². The molecular weight excluding hydrogens is 160 g/mol. The average Bonchev–Trinajstić information content (AvgIpc) is 2.39. The molecular formula is C7H10N2OS. The standard InChI is InChI=1S/C7H10N2OS/c1-5(8)7(10)4-6-2-3-9-11-6/h2-3,5H,4,8H2,1H3/t5-/m1/s1. The maximum Gasteiger partial charge on any atom is 0.154 e. The first-order valence-corrected chi connectivity index (χ1v) is 4.15. The molecule has 0 aliphatic heterocycles. The van der Waals surface area contributed by atoms with E-state index >= 15 is 0 Å². The molecule has 0 aromatic carbocycles. The summed E-state index contributed by atoms with van der Waals surface area (Å²) in [7, 11) is 0. The molecule has 0 bridgehead atoms. The summed E-state index contributed by atoms with van der Waals surface area (Å²) in [5.41, 5.74) is 5.39. The van der Waals surface area contributed by atoms with Crippen molar-refractivity contribution in [3.05, 3.63) is 17.1 Å². The van der Waals surface area contributed by atoms with Gasteiger partial charge in [-0.05, 0) is 24.5 Å². The third-order valence-electron chi connectivity index (χ3n) is 1.35. The smallest absolute Gasteiger partial charge is 0.154 e. The molecule has 1 heterocycles. The highest BCUT2D eigenvalue weighted by molar-refractivity contribution is 7.05. The molecule has 2 N–H and O–H groups in total. The summed E-state index contributed by atoms with van der Waals surface area (Å²) in [5.74, 6) is 0.0641. The largest absolute Gasteiger partial charge is 0.322 e.